The number of nitrogens with zero attached hydrogens (tertiary/aromatic N) is 4. The first-order chi connectivity index (χ1) is 9.40. The van der Waals surface area contributed by atoms with Gasteiger partial charge < -0.3 is 5.32 Å². The summed E-state index contributed by atoms with van der Waals surface area (Å²) in [5, 5.41) is 7.04. The fraction of sp³-hybridized carbons (Fsp3) is 0.417. The van der Waals surface area contributed by atoms with Crippen molar-refractivity contribution >= 4 is 5.95 Å². The van der Waals surface area contributed by atoms with Gasteiger partial charge in [-0.25, -0.2) is 9.97 Å². The minimum Gasteiger partial charge on any atom is -0.350 e. The summed E-state index contributed by atoms with van der Waals surface area (Å²) in [6, 6.07) is 0.840. The average molecular weight is 285 g/mol. The van der Waals surface area contributed by atoms with Crippen LogP contribution >= 0.6 is 0 Å². The third kappa shape index (κ3) is 3.25. The van der Waals surface area contributed by atoms with Crippen LogP contribution in [-0.2, 0) is 26.2 Å². The van der Waals surface area contributed by atoms with E-state index in [0.29, 0.717) is 6.54 Å². The molecule has 1 N–H and O–H groups in total. The van der Waals surface area contributed by atoms with Gasteiger partial charge in [0.2, 0.25) is 5.95 Å². The SMILES string of the molecule is CCc1nn(C)cc1CNc1nccc(C(F)(F)F)n1. The molecule has 2 rings (SSSR count). The molecular formula is C12H14F3N5. The van der Waals surface area contributed by atoms with Gasteiger partial charge in [-0.2, -0.15) is 18.3 Å². The van der Waals surface area contributed by atoms with E-state index in [1.165, 1.54) is 0 Å². The van der Waals surface area contributed by atoms with E-state index < -0.39 is 11.9 Å². The summed E-state index contributed by atoms with van der Waals surface area (Å²) in [6.45, 7) is 2.30. The number of alkyl halides is 3. The van der Waals surface area contributed by atoms with Gasteiger partial charge in [-0.3, -0.25) is 4.68 Å². The molecule has 0 aliphatic carbocycles. The Morgan fingerprint density at radius 1 is 1.35 bits per heavy atom. The zero-order chi connectivity index (χ0) is 14.8. The average Bonchev–Trinajstić information content (AvgIpc) is 2.76. The Morgan fingerprint density at radius 3 is 2.75 bits per heavy atom. The van der Waals surface area contributed by atoms with Crippen molar-refractivity contribution in [2.45, 2.75) is 26.1 Å². The number of hydrogen-bond donors (Lipinski definition) is 1. The summed E-state index contributed by atoms with van der Waals surface area (Å²) in [7, 11) is 1.80. The van der Waals surface area contributed by atoms with E-state index in [1.54, 1.807) is 11.7 Å². The van der Waals surface area contributed by atoms with Crippen molar-refractivity contribution in [2.75, 3.05) is 5.32 Å². The lowest BCUT2D eigenvalue weighted by Crippen LogP contribution is -2.11. The Morgan fingerprint density at radius 2 is 2.10 bits per heavy atom. The lowest BCUT2D eigenvalue weighted by molar-refractivity contribution is -0.141. The van der Waals surface area contributed by atoms with Gasteiger partial charge in [0, 0.05) is 31.5 Å². The first kappa shape index (κ1) is 14.3. The molecule has 0 fully saturated rings. The van der Waals surface area contributed by atoms with E-state index in [2.05, 4.69) is 20.4 Å². The first-order valence-corrected chi connectivity index (χ1v) is 6.05. The zero-order valence-electron chi connectivity index (χ0n) is 11.1. The number of halogens is 3. The number of rotatable bonds is 4. The fourth-order valence-corrected chi connectivity index (χ4v) is 1.81. The third-order valence-corrected chi connectivity index (χ3v) is 2.71. The molecule has 0 aliphatic rings. The molecule has 20 heavy (non-hydrogen) atoms. The summed E-state index contributed by atoms with van der Waals surface area (Å²) < 4.78 is 39.2. The maximum absolute atomic E-state index is 12.5. The van der Waals surface area contributed by atoms with Crippen LogP contribution in [0.2, 0.25) is 0 Å². The molecule has 0 atom stereocenters. The van der Waals surface area contributed by atoms with E-state index in [0.717, 1.165) is 29.9 Å². The molecule has 0 saturated heterocycles. The van der Waals surface area contributed by atoms with Crippen LogP contribution in [0, 0.1) is 0 Å². The molecule has 2 heterocycles. The molecule has 0 unspecified atom stereocenters. The van der Waals surface area contributed by atoms with E-state index in [4.69, 9.17) is 0 Å². The van der Waals surface area contributed by atoms with Gasteiger partial charge in [-0.05, 0) is 12.5 Å². The Balaban J connectivity index is 2.11. The summed E-state index contributed by atoms with van der Waals surface area (Å²) in [5.74, 6) is -0.0502. The van der Waals surface area contributed by atoms with Gasteiger partial charge in [0.1, 0.15) is 5.69 Å². The minimum absolute atomic E-state index is 0.0502. The van der Waals surface area contributed by atoms with Crippen molar-refractivity contribution < 1.29 is 13.2 Å². The number of aryl methyl sites for hydroxylation is 2. The lowest BCUT2D eigenvalue weighted by atomic mass is 10.2. The zero-order valence-corrected chi connectivity index (χ0v) is 11.1. The van der Waals surface area contributed by atoms with Crippen molar-refractivity contribution in [3.05, 3.63) is 35.4 Å². The Kier molecular flexibility index (Phi) is 3.91. The summed E-state index contributed by atoms with van der Waals surface area (Å²) in [4.78, 5) is 7.23. The van der Waals surface area contributed by atoms with Crippen molar-refractivity contribution in [1.29, 1.82) is 0 Å². The second-order valence-electron chi connectivity index (χ2n) is 4.25. The second kappa shape index (κ2) is 5.48. The maximum Gasteiger partial charge on any atom is 0.433 e. The van der Waals surface area contributed by atoms with Gasteiger partial charge >= 0.3 is 6.18 Å². The van der Waals surface area contributed by atoms with Crippen LogP contribution in [0.15, 0.2) is 18.5 Å². The van der Waals surface area contributed by atoms with Crippen molar-refractivity contribution in [1.82, 2.24) is 19.7 Å². The normalized spacial score (nSPS) is 11.7. The Labute approximate surface area is 113 Å². The Bertz CT molecular complexity index is 591. The van der Waals surface area contributed by atoms with Crippen LogP contribution < -0.4 is 5.32 Å². The van der Waals surface area contributed by atoms with E-state index in [-0.39, 0.29) is 5.95 Å². The second-order valence-corrected chi connectivity index (χ2v) is 4.25. The molecule has 0 radical (unpaired) electrons. The van der Waals surface area contributed by atoms with Crippen LogP contribution in [0.4, 0.5) is 19.1 Å². The Hall–Kier alpha value is -2.12. The predicted octanol–water partition coefficient (Wildman–Crippen LogP) is 2.40. The molecule has 0 aromatic carbocycles. The van der Waals surface area contributed by atoms with E-state index in [1.807, 2.05) is 13.1 Å². The third-order valence-electron chi connectivity index (χ3n) is 2.71. The summed E-state index contributed by atoms with van der Waals surface area (Å²) >= 11 is 0. The van der Waals surface area contributed by atoms with Crippen LogP contribution in [0.5, 0.6) is 0 Å². The van der Waals surface area contributed by atoms with Gasteiger partial charge in [0.25, 0.3) is 0 Å². The molecule has 0 amide bonds. The number of aromatic nitrogens is 4. The van der Waals surface area contributed by atoms with E-state index in [9.17, 15) is 13.2 Å². The van der Waals surface area contributed by atoms with Crippen LogP contribution in [0.1, 0.15) is 23.9 Å². The molecule has 0 spiro atoms. The van der Waals surface area contributed by atoms with Crippen molar-refractivity contribution in [2.24, 2.45) is 7.05 Å². The smallest absolute Gasteiger partial charge is 0.350 e. The fourth-order valence-electron chi connectivity index (χ4n) is 1.81. The molecule has 0 aliphatic heterocycles. The van der Waals surface area contributed by atoms with Crippen LogP contribution in [0.25, 0.3) is 0 Å². The van der Waals surface area contributed by atoms with Gasteiger partial charge in [0.15, 0.2) is 0 Å². The van der Waals surface area contributed by atoms with Gasteiger partial charge in [0.05, 0.1) is 5.69 Å². The molecule has 108 valence electrons. The number of nitrogens with one attached hydrogen (secondary N) is 1. The molecule has 0 saturated carbocycles. The van der Waals surface area contributed by atoms with E-state index >= 15 is 0 Å². The predicted molar refractivity (Wildman–Crippen MR) is 66.9 cm³/mol. The summed E-state index contributed by atoms with van der Waals surface area (Å²) in [6.07, 6.45) is -0.814. The molecule has 2 aromatic rings. The highest BCUT2D eigenvalue weighted by atomic mass is 19.4. The topological polar surface area (TPSA) is 55.6 Å². The first-order valence-electron chi connectivity index (χ1n) is 6.05. The molecule has 8 heteroatoms. The number of hydrogen-bond acceptors (Lipinski definition) is 4. The quantitative estimate of drug-likeness (QED) is 0.937. The summed E-state index contributed by atoms with van der Waals surface area (Å²) in [5.41, 5.74) is 0.847. The van der Waals surface area contributed by atoms with Gasteiger partial charge in [-0.1, -0.05) is 6.92 Å². The molecule has 5 nitrogen and oxygen atoms in total. The highest BCUT2D eigenvalue weighted by Gasteiger charge is 2.32. The van der Waals surface area contributed by atoms with Crippen LogP contribution in [0.3, 0.4) is 0 Å². The lowest BCUT2D eigenvalue weighted by Gasteiger charge is -2.08. The van der Waals surface area contributed by atoms with Gasteiger partial charge in [-0.15, -0.1) is 0 Å². The monoisotopic (exact) mass is 285 g/mol. The molecule has 2 aromatic heterocycles. The maximum atomic E-state index is 12.5. The minimum atomic E-state index is -4.47. The standard InChI is InChI=1S/C12H14F3N5/c1-3-9-8(7-20(2)19-9)6-17-11-16-5-4-10(18-11)12(13,14)15/h4-5,7H,3,6H2,1-2H3,(H,16,17,18). The largest absolute Gasteiger partial charge is 0.433 e. The van der Waals surface area contributed by atoms with Crippen molar-refractivity contribution in [3.63, 3.8) is 0 Å². The van der Waals surface area contributed by atoms with Crippen LogP contribution in [-0.4, -0.2) is 19.7 Å². The highest BCUT2D eigenvalue weighted by molar-refractivity contribution is 5.29. The van der Waals surface area contributed by atoms with Crippen molar-refractivity contribution in [3.8, 4) is 0 Å². The number of anilines is 1. The molecular weight excluding hydrogens is 271 g/mol. The molecule has 0 bridgehead atoms. The highest BCUT2D eigenvalue weighted by Crippen LogP contribution is 2.27.